The van der Waals surface area contributed by atoms with Crippen molar-refractivity contribution >= 4 is 41.0 Å². The number of benzene rings is 1. The Hall–Kier alpha value is -2.81. The molecular formula is C21H27N5O3S. The van der Waals surface area contributed by atoms with E-state index in [4.69, 9.17) is 0 Å². The predicted octanol–water partition coefficient (Wildman–Crippen LogP) is 2.02. The van der Waals surface area contributed by atoms with Crippen molar-refractivity contribution in [1.29, 1.82) is 0 Å². The fourth-order valence-corrected chi connectivity index (χ4v) is 4.02. The van der Waals surface area contributed by atoms with E-state index in [0.717, 1.165) is 29.2 Å². The van der Waals surface area contributed by atoms with Gasteiger partial charge in [0.2, 0.25) is 11.8 Å². The van der Waals surface area contributed by atoms with Gasteiger partial charge in [0, 0.05) is 25.3 Å². The van der Waals surface area contributed by atoms with Gasteiger partial charge >= 0.3 is 0 Å². The number of piperidine rings is 1. The van der Waals surface area contributed by atoms with Gasteiger partial charge in [0.05, 0.1) is 17.2 Å². The second-order valence-corrected chi connectivity index (χ2v) is 8.41. The molecule has 9 heteroatoms. The molecule has 0 spiro atoms. The standard InChI is InChI=1S/C21H27N5O3S/c1-14-6-8-16(9-7-14)22-18(27)12-30-13-19(28)23-17-5-4-10-26(21(17)29)20-11-15(2)24-25(20)3/h6-9,11,17H,4-5,10,12-13H2,1-3H3,(H,22,27)(H,23,28). The predicted molar refractivity (Wildman–Crippen MR) is 119 cm³/mol. The summed E-state index contributed by atoms with van der Waals surface area (Å²) in [6.07, 6.45) is 1.41. The fourth-order valence-electron chi connectivity index (χ4n) is 3.39. The van der Waals surface area contributed by atoms with E-state index in [1.54, 1.807) is 16.6 Å². The van der Waals surface area contributed by atoms with E-state index in [-0.39, 0.29) is 29.2 Å². The van der Waals surface area contributed by atoms with Crippen molar-refractivity contribution in [2.75, 3.05) is 28.3 Å². The largest absolute Gasteiger partial charge is 0.344 e. The van der Waals surface area contributed by atoms with E-state index in [1.165, 1.54) is 11.8 Å². The van der Waals surface area contributed by atoms with Crippen molar-refractivity contribution in [3.8, 4) is 0 Å². The Kier molecular flexibility index (Phi) is 7.15. The lowest BCUT2D eigenvalue weighted by atomic mass is 10.0. The topological polar surface area (TPSA) is 96.3 Å². The third-order valence-corrected chi connectivity index (χ3v) is 5.76. The molecule has 0 bridgehead atoms. The zero-order valence-electron chi connectivity index (χ0n) is 17.5. The number of nitrogens with one attached hydrogen (secondary N) is 2. The van der Waals surface area contributed by atoms with Gasteiger partial charge in [-0.05, 0) is 38.8 Å². The summed E-state index contributed by atoms with van der Waals surface area (Å²) in [6.45, 7) is 4.47. The normalized spacial score (nSPS) is 16.4. The number of nitrogens with zero attached hydrogens (tertiary/aromatic N) is 3. The molecule has 1 atom stereocenters. The fraction of sp³-hybridized carbons (Fsp3) is 0.429. The number of rotatable bonds is 7. The molecule has 2 aromatic rings. The van der Waals surface area contributed by atoms with Gasteiger partial charge in [-0.1, -0.05) is 17.7 Å². The smallest absolute Gasteiger partial charge is 0.250 e. The van der Waals surface area contributed by atoms with Crippen molar-refractivity contribution in [2.45, 2.75) is 32.7 Å². The maximum atomic E-state index is 12.8. The Morgan fingerprint density at radius 1 is 1.17 bits per heavy atom. The molecule has 0 radical (unpaired) electrons. The summed E-state index contributed by atoms with van der Waals surface area (Å²) in [6, 6.07) is 8.85. The molecule has 1 fully saturated rings. The number of thioether (sulfide) groups is 1. The third-order valence-electron chi connectivity index (χ3n) is 4.83. The number of aromatic nitrogens is 2. The van der Waals surface area contributed by atoms with Gasteiger partial charge in [0.15, 0.2) is 0 Å². The first-order valence-corrected chi connectivity index (χ1v) is 11.0. The highest BCUT2D eigenvalue weighted by atomic mass is 32.2. The van der Waals surface area contributed by atoms with Crippen LogP contribution < -0.4 is 15.5 Å². The molecule has 1 saturated heterocycles. The molecule has 1 aromatic carbocycles. The van der Waals surface area contributed by atoms with Crippen LogP contribution in [0.3, 0.4) is 0 Å². The summed E-state index contributed by atoms with van der Waals surface area (Å²) in [7, 11) is 1.80. The Morgan fingerprint density at radius 3 is 2.53 bits per heavy atom. The monoisotopic (exact) mass is 429 g/mol. The number of aryl methyl sites for hydroxylation is 3. The second kappa shape index (κ2) is 9.80. The Bertz CT molecular complexity index is 925. The van der Waals surface area contributed by atoms with Crippen molar-refractivity contribution in [3.63, 3.8) is 0 Å². The number of carbonyl (C=O) groups excluding carboxylic acids is 3. The van der Waals surface area contributed by atoms with E-state index < -0.39 is 6.04 Å². The lowest BCUT2D eigenvalue weighted by Gasteiger charge is -2.32. The van der Waals surface area contributed by atoms with Gasteiger partial charge in [-0.2, -0.15) is 5.10 Å². The van der Waals surface area contributed by atoms with Gasteiger partial charge in [-0.3, -0.25) is 24.0 Å². The zero-order chi connectivity index (χ0) is 21.7. The number of hydrogen-bond donors (Lipinski definition) is 2. The molecule has 30 heavy (non-hydrogen) atoms. The number of hydrogen-bond acceptors (Lipinski definition) is 5. The average Bonchev–Trinajstić information content (AvgIpc) is 3.03. The van der Waals surface area contributed by atoms with Crippen LogP contribution in [0.25, 0.3) is 0 Å². The highest BCUT2D eigenvalue weighted by molar-refractivity contribution is 8.00. The second-order valence-electron chi connectivity index (χ2n) is 7.43. The molecule has 1 unspecified atom stereocenters. The first-order chi connectivity index (χ1) is 14.3. The Balaban J connectivity index is 1.45. The van der Waals surface area contributed by atoms with Crippen molar-refractivity contribution in [3.05, 3.63) is 41.6 Å². The average molecular weight is 430 g/mol. The molecule has 3 amide bonds. The minimum atomic E-state index is -0.552. The van der Waals surface area contributed by atoms with E-state index in [1.807, 2.05) is 44.2 Å². The third kappa shape index (κ3) is 5.63. The van der Waals surface area contributed by atoms with Gasteiger partial charge in [0.25, 0.3) is 5.91 Å². The van der Waals surface area contributed by atoms with Crippen LogP contribution in [0.5, 0.6) is 0 Å². The summed E-state index contributed by atoms with van der Waals surface area (Å²) in [4.78, 5) is 38.8. The molecule has 1 aliphatic rings. The SMILES string of the molecule is Cc1ccc(NC(=O)CSCC(=O)NC2CCCN(c3cc(C)nn3C)C2=O)cc1. The number of amides is 3. The Labute approximate surface area is 180 Å². The van der Waals surface area contributed by atoms with Crippen molar-refractivity contribution in [2.24, 2.45) is 7.05 Å². The number of anilines is 2. The summed E-state index contributed by atoms with van der Waals surface area (Å²) in [5.74, 6) is 0.488. The molecule has 0 saturated carbocycles. The van der Waals surface area contributed by atoms with Gasteiger partial charge in [0.1, 0.15) is 11.9 Å². The van der Waals surface area contributed by atoms with Crippen molar-refractivity contribution < 1.29 is 14.4 Å². The lowest BCUT2D eigenvalue weighted by Crippen LogP contribution is -2.53. The maximum Gasteiger partial charge on any atom is 0.250 e. The van der Waals surface area contributed by atoms with E-state index in [9.17, 15) is 14.4 Å². The van der Waals surface area contributed by atoms with Crippen LogP contribution in [0.2, 0.25) is 0 Å². The molecule has 3 rings (SSSR count). The van der Waals surface area contributed by atoms with Crippen LogP contribution in [0.1, 0.15) is 24.1 Å². The summed E-state index contributed by atoms with van der Waals surface area (Å²) in [5, 5.41) is 9.91. The highest BCUT2D eigenvalue weighted by Gasteiger charge is 2.32. The van der Waals surface area contributed by atoms with E-state index in [2.05, 4.69) is 15.7 Å². The molecule has 2 N–H and O–H groups in total. The molecule has 160 valence electrons. The van der Waals surface area contributed by atoms with E-state index >= 15 is 0 Å². The molecule has 1 aromatic heterocycles. The van der Waals surface area contributed by atoms with Gasteiger partial charge < -0.3 is 10.6 Å². The summed E-state index contributed by atoms with van der Waals surface area (Å²) >= 11 is 1.22. The molecular weight excluding hydrogens is 402 g/mol. The van der Waals surface area contributed by atoms with Crippen LogP contribution in [0, 0.1) is 13.8 Å². The first kappa shape index (κ1) is 21.9. The molecule has 2 heterocycles. The minimum Gasteiger partial charge on any atom is -0.344 e. The summed E-state index contributed by atoms with van der Waals surface area (Å²) in [5.41, 5.74) is 2.69. The minimum absolute atomic E-state index is 0.121. The quantitative estimate of drug-likeness (QED) is 0.702. The molecule has 0 aliphatic carbocycles. The summed E-state index contributed by atoms with van der Waals surface area (Å²) < 4.78 is 1.68. The van der Waals surface area contributed by atoms with Crippen LogP contribution in [-0.2, 0) is 21.4 Å². The van der Waals surface area contributed by atoms with Gasteiger partial charge in [-0.15, -0.1) is 11.8 Å². The Morgan fingerprint density at radius 2 is 1.87 bits per heavy atom. The van der Waals surface area contributed by atoms with Crippen LogP contribution in [-0.4, -0.2) is 51.6 Å². The van der Waals surface area contributed by atoms with Crippen LogP contribution in [0.4, 0.5) is 11.5 Å². The zero-order valence-corrected chi connectivity index (χ0v) is 18.3. The molecule has 8 nitrogen and oxygen atoms in total. The highest BCUT2D eigenvalue weighted by Crippen LogP contribution is 2.21. The van der Waals surface area contributed by atoms with Crippen LogP contribution >= 0.6 is 11.8 Å². The maximum absolute atomic E-state index is 12.8. The number of carbonyl (C=O) groups is 3. The first-order valence-electron chi connectivity index (χ1n) is 9.89. The van der Waals surface area contributed by atoms with E-state index in [0.29, 0.717) is 13.0 Å². The lowest BCUT2D eigenvalue weighted by molar-refractivity contribution is -0.127. The molecule has 1 aliphatic heterocycles. The van der Waals surface area contributed by atoms with Crippen molar-refractivity contribution in [1.82, 2.24) is 15.1 Å². The van der Waals surface area contributed by atoms with Crippen LogP contribution in [0.15, 0.2) is 30.3 Å². The van der Waals surface area contributed by atoms with Gasteiger partial charge in [-0.25, -0.2) is 0 Å².